The molecule has 8 heteroatoms. The minimum absolute atomic E-state index is 0.106. The van der Waals surface area contributed by atoms with Crippen LogP contribution in [0.15, 0.2) is 12.3 Å². The van der Waals surface area contributed by atoms with Crippen molar-refractivity contribution in [3.8, 4) is 5.88 Å². The summed E-state index contributed by atoms with van der Waals surface area (Å²) in [4.78, 5) is 22.9. The van der Waals surface area contributed by atoms with Gasteiger partial charge in [0.05, 0.1) is 13.2 Å². The lowest BCUT2D eigenvalue weighted by atomic mass is 9.93. The molecule has 2 aliphatic rings. The summed E-state index contributed by atoms with van der Waals surface area (Å²) in [5.41, 5.74) is -0.477. The average molecular weight is 378 g/mol. The Kier molecular flexibility index (Phi) is 6.36. The van der Waals surface area contributed by atoms with Gasteiger partial charge in [0.15, 0.2) is 0 Å². The van der Waals surface area contributed by atoms with Crippen LogP contribution in [0.1, 0.15) is 46.5 Å². The smallest absolute Gasteiger partial charge is 0.407 e. The first-order valence-corrected chi connectivity index (χ1v) is 9.71. The second-order valence-electron chi connectivity index (χ2n) is 8.03. The standard InChI is InChI=1S/C19H30N4O4/c1-19(2,3)27-18(24)21-14-4-6-15(7-5-14)26-16-8-9-20-17(22-16)23-10-12-25-13-11-23/h8-9,14-15H,4-7,10-13H2,1-3H3,(H,21,24)/t14-,15-. The molecule has 0 radical (unpaired) electrons. The first-order chi connectivity index (χ1) is 12.9. The summed E-state index contributed by atoms with van der Waals surface area (Å²) in [6.45, 7) is 8.58. The van der Waals surface area contributed by atoms with E-state index in [9.17, 15) is 4.79 Å². The van der Waals surface area contributed by atoms with E-state index in [0.29, 0.717) is 25.0 Å². The van der Waals surface area contributed by atoms with Crippen molar-refractivity contribution in [1.82, 2.24) is 15.3 Å². The number of aromatic nitrogens is 2. The second-order valence-corrected chi connectivity index (χ2v) is 8.03. The van der Waals surface area contributed by atoms with Crippen molar-refractivity contribution < 1.29 is 19.0 Å². The average Bonchev–Trinajstić information content (AvgIpc) is 2.63. The highest BCUT2D eigenvalue weighted by Gasteiger charge is 2.26. The van der Waals surface area contributed by atoms with Crippen LogP contribution in [-0.4, -0.2) is 60.1 Å². The van der Waals surface area contributed by atoms with Crippen LogP contribution in [0.2, 0.25) is 0 Å². The quantitative estimate of drug-likeness (QED) is 0.861. The summed E-state index contributed by atoms with van der Waals surface area (Å²) in [6.07, 6.45) is 4.97. The lowest BCUT2D eigenvalue weighted by Gasteiger charge is -2.30. The Hall–Kier alpha value is -2.09. The molecule has 1 saturated carbocycles. The van der Waals surface area contributed by atoms with Crippen molar-refractivity contribution in [1.29, 1.82) is 0 Å². The molecule has 27 heavy (non-hydrogen) atoms. The largest absolute Gasteiger partial charge is 0.474 e. The molecule has 0 spiro atoms. The van der Waals surface area contributed by atoms with Gasteiger partial charge >= 0.3 is 6.09 Å². The monoisotopic (exact) mass is 378 g/mol. The zero-order valence-corrected chi connectivity index (χ0v) is 16.4. The fourth-order valence-corrected chi connectivity index (χ4v) is 3.28. The first-order valence-electron chi connectivity index (χ1n) is 9.71. The van der Waals surface area contributed by atoms with Crippen molar-refractivity contribution in [2.45, 2.75) is 64.2 Å². The van der Waals surface area contributed by atoms with Crippen LogP contribution in [0.5, 0.6) is 5.88 Å². The summed E-state index contributed by atoms with van der Waals surface area (Å²) in [7, 11) is 0. The van der Waals surface area contributed by atoms with E-state index >= 15 is 0 Å². The summed E-state index contributed by atoms with van der Waals surface area (Å²) in [6, 6.07) is 1.93. The third-order valence-corrected chi connectivity index (χ3v) is 4.59. The minimum atomic E-state index is -0.477. The van der Waals surface area contributed by atoms with Crippen LogP contribution in [0.3, 0.4) is 0 Å². The molecule has 8 nitrogen and oxygen atoms in total. The second kappa shape index (κ2) is 8.73. The highest BCUT2D eigenvalue weighted by atomic mass is 16.6. The third kappa shape index (κ3) is 6.23. The number of rotatable bonds is 4. The van der Waals surface area contributed by atoms with Crippen LogP contribution in [0.4, 0.5) is 10.7 Å². The topological polar surface area (TPSA) is 85.8 Å². The summed E-state index contributed by atoms with van der Waals surface area (Å²) in [5.74, 6) is 1.30. The highest BCUT2D eigenvalue weighted by molar-refractivity contribution is 5.68. The number of amides is 1. The molecule has 150 valence electrons. The lowest BCUT2D eigenvalue weighted by molar-refractivity contribution is 0.0469. The Morgan fingerprint density at radius 2 is 1.93 bits per heavy atom. The lowest BCUT2D eigenvalue weighted by Crippen LogP contribution is -2.42. The van der Waals surface area contributed by atoms with Gasteiger partial charge in [-0.25, -0.2) is 9.78 Å². The molecule has 1 aliphatic carbocycles. The molecule has 2 heterocycles. The predicted octanol–water partition coefficient (Wildman–Crippen LogP) is 2.53. The molecule has 1 aromatic rings. The third-order valence-electron chi connectivity index (χ3n) is 4.59. The number of hydrogen-bond donors (Lipinski definition) is 1. The van der Waals surface area contributed by atoms with Gasteiger partial charge in [0.2, 0.25) is 11.8 Å². The molecule has 1 saturated heterocycles. The van der Waals surface area contributed by atoms with E-state index in [1.807, 2.05) is 20.8 Å². The van der Waals surface area contributed by atoms with Crippen molar-refractivity contribution >= 4 is 12.0 Å². The van der Waals surface area contributed by atoms with E-state index < -0.39 is 5.60 Å². The van der Waals surface area contributed by atoms with Crippen LogP contribution in [0, 0.1) is 0 Å². The number of alkyl carbamates (subject to hydrolysis) is 1. The van der Waals surface area contributed by atoms with Gasteiger partial charge in [-0.1, -0.05) is 0 Å². The molecule has 1 amide bonds. The number of hydrogen-bond acceptors (Lipinski definition) is 7. The van der Waals surface area contributed by atoms with Crippen molar-refractivity contribution in [2.24, 2.45) is 0 Å². The molecule has 0 unspecified atom stereocenters. The Morgan fingerprint density at radius 3 is 2.59 bits per heavy atom. The Balaban J connectivity index is 1.46. The zero-order chi connectivity index (χ0) is 19.3. The highest BCUT2D eigenvalue weighted by Crippen LogP contribution is 2.24. The number of nitrogens with zero attached hydrogens (tertiary/aromatic N) is 3. The number of carbonyl (C=O) groups excluding carboxylic acids is 1. The molecule has 0 aromatic carbocycles. The van der Waals surface area contributed by atoms with Gasteiger partial charge in [0, 0.05) is 31.4 Å². The summed E-state index contributed by atoms with van der Waals surface area (Å²) >= 11 is 0. The molecule has 3 rings (SSSR count). The van der Waals surface area contributed by atoms with Gasteiger partial charge in [-0.05, 0) is 46.5 Å². The molecular formula is C19H30N4O4. The van der Waals surface area contributed by atoms with Crippen molar-refractivity contribution in [3.05, 3.63) is 12.3 Å². The van der Waals surface area contributed by atoms with Gasteiger partial charge in [-0.3, -0.25) is 0 Å². The maximum Gasteiger partial charge on any atom is 0.407 e. The van der Waals surface area contributed by atoms with E-state index in [1.165, 1.54) is 0 Å². The van der Waals surface area contributed by atoms with Gasteiger partial charge in [0.25, 0.3) is 0 Å². The Labute approximate surface area is 160 Å². The van der Waals surface area contributed by atoms with Gasteiger partial charge in [-0.2, -0.15) is 4.98 Å². The predicted molar refractivity (Wildman–Crippen MR) is 101 cm³/mol. The van der Waals surface area contributed by atoms with Crippen molar-refractivity contribution in [2.75, 3.05) is 31.2 Å². The SMILES string of the molecule is CC(C)(C)OC(=O)N[C@H]1CC[C@H](Oc2ccnc(N3CCOCC3)n2)CC1. The molecule has 0 bridgehead atoms. The van der Waals surface area contributed by atoms with E-state index in [-0.39, 0.29) is 18.2 Å². The number of anilines is 1. The van der Waals surface area contributed by atoms with E-state index in [1.54, 1.807) is 12.3 Å². The fraction of sp³-hybridized carbons (Fsp3) is 0.737. The summed E-state index contributed by atoms with van der Waals surface area (Å²) in [5, 5.41) is 2.95. The maximum absolute atomic E-state index is 11.9. The number of morpholine rings is 1. The van der Waals surface area contributed by atoms with Gasteiger partial charge in [-0.15, -0.1) is 0 Å². The van der Waals surface area contributed by atoms with Crippen LogP contribution >= 0.6 is 0 Å². The number of ether oxygens (including phenoxy) is 3. The van der Waals surface area contributed by atoms with Crippen LogP contribution in [0.25, 0.3) is 0 Å². The summed E-state index contributed by atoms with van der Waals surface area (Å²) < 4.78 is 16.8. The molecule has 2 fully saturated rings. The number of carbonyl (C=O) groups is 1. The molecular weight excluding hydrogens is 348 g/mol. The Bertz CT molecular complexity index is 620. The first kappa shape index (κ1) is 19.7. The maximum atomic E-state index is 11.9. The van der Waals surface area contributed by atoms with Gasteiger partial charge in [0.1, 0.15) is 11.7 Å². The van der Waals surface area contributed by atoms with Gasteiger partial charge < -0.3 is 24.4 Å². The van der Waals surface area contributed by atoms with E-state index in [2.05, 4.69) is 20.2 Å². The zero-order valence-electron chi connectivity index (χ0n) is 16.4. The molecule has 1 aromatic heterocycles. The molecule has 1 aliphatic heterocycles. The normalized spacial score (nSPS) is 23.6. The van der Waals surface area contributed by atoms with Crippen LogP contribution < -0.4 is 15.0 Å². The van der Waals surface area contributed by atoms with E-state index in [4.69, 9.17) is 14.2 Å². The molecule has 1 N–H and O–H groups in total. The fourth-order valence-electron chi connectivity index (χ4n) is 3.28. The molecule has 0 atom stereocenters. The minimum Gasteiger partial charge on any atom is -0.474 e. The van der Waals surface area contributed by atoms with Crippen LogP contribution in [-0.2, 0) is 9.47 Å². The van der Waals surface area contributed by atoms with Crippen molar-refractivity contribution in [3.63, 3.8) is 0 Å². The van der Waals surface area contributed by atoms with E-state index in [0.717, 1.165) is 38.8 Å². The number of nitrogens with one attached hydrogen (secondary N) is 1. The Morgan fingerprint density at radius 1 is 1.22 bits per heavy atom.